The second kappa shape index (κ2) is 5.39. The molecule has 0 heterocycles. The summed E-state index contributed by atoms with van der Waals surface area (Å²) in [4.78, 5) is 12.1. The zero-order valence-corrected chi connectivity index (χ0v) is 10.0. The van der Waals surface area contributed by atoms with E-state index in [9.17, 15) is 23.1 Å². The van der Waals surface area contributed by atoms with Crippen LogP contribution in [-0.2, 0) is 6.18 Å². The highest BCUT2D eigenvalue weighted by molar-refractivity contribution is 5.79. The molecule has 100 valence electrons. The zero-order chi connectivity index (χ0) is 13.9. The van der Waals surface area contributed by atoms with E-state index in [0.717, 1.165) is 12.1 Å². The third-order valence-electron chi connectivity index (χ3n) is 2.45. The van der Waals surface area contributed by atoms with Crippen LogP contribution in [0.3, 0.4) is 0 Å². The summed E-state index contributed by atoms with van der Waals surface area (Å²) in [5.41, 5.74) is -1.06. The van der Waals surface area contributed by atoms with Crippen LogP contribution in [-0.4, -0.2) is 31.1 Å². The van der Waals surface area contributed by atoms with E-state index in [1.807, 2.05) is 0 Å². The summed E-state index contributed by atoms with van der Waals surface area (Å²) in [5.74, 6) is 0. The molecular weight excluding hydrogens is 247 g/mol. The summed E-state index contributed by atoms with van der Waals surface area (Å²) in [6.07, 6.45) is -5.05. The Kier molecular flexibility index (Phi) is 4.34. The first kappa shape index (κ1) is 14.5. The number of hydrogen-bond acceptors (Lipinski definition) is 3. The summed E-state index contributed by atoms with van der Waals surface area (Å²) < 4.78 is 38.1. The third kappa shape index (κ3) is 3.46. The number of alkyl halides is 3. The number of anilines is 1. The summed E-state index contributed by atoms with van der Waals surface area (Å²) >= 11 is 0. The van der Waals surface area contributed by atoms with Crippen molar-refractivity contribution >= 4 is 12.0 Å². The van der Waals surface area contributed by atoms with E-state index >= 15 is 0 Å². The first-order valence-electron chi connectivity index (χ1n) is 5.31. The molecule has 6 heteroatoms. The van der Waals surface area contributed by atoms with Crippen LogP contribution in [0, 0.1) is 0 Å². The molecule has 0 saturated heterocycles. The van der Waals surface area contributed by atoms with Crippen LogP contribution in [0.5, 0.6) is 0 Å². The predicted molar refractivity (Wildman–Crippen MR) is 61.8 cm³/mol. The molecule has 0 bridgehead atoms. The van der Waals surface area contributed by atoms with E-state index in [4.69, 9.17) is 0 Å². The van der Waals surface area contributed by atoms with Gasteiger partial charge in [0, 0.05) is 24.8 Å². The van der Waals surface area contributed by atoms with Crippen LogP contribution < -0.4 is 4.90 Å². The Morgan fingerprint density at radius 2 is 2.06 bits per heavy atom. The first-order chi connectivity index (χ1) is 8.25. The Labute approximate surface area is 103 Å². The van der Waals surface area contributed by atoms with Gasteiger partial charge in [-0.2, -0.15) is 13.2 Å². The number of likely N-dealkylation sites (N-methyl/N-ethyl adjacent to an activating group) is 1. The average molecular weight is 261 g/mol. The highest BCUT2D eigenvalue weighted by Gasteiger charge is 2.33. The van der Waals surface area contributed by atoms with Crippen LogP contribution in [0.25, 0.3) is 0 Å². The van der Waals surface area contributed by atoms with Crippen molar-refractivity contribution in [1.29, 1.82) is 0 Å². The van der Waals surface area contributed by atoms with Gasteiger partial charge in [0.1, 0.15) is 0 Å². The molecule has 0 aliphatic rings. The Balaban J connectivity index is 3.14. The van der Waals surface area contributed by atoms with Gasteiger partial charge in [-0.25, -0.2) is 0 Å². The van der Waals surface area contributed by atoms with E-state index in [1.165, 1.54) is 11.0 Å². The lowest BCUT2D eigenvalue weighted by Gasteiger charge is -2.22. The van der Waals surface area contributed by atoms with Gasteiger partial charge in [0.25, 0.3) is 0 Å². The standard InChI is InChI=1S/C12H14F3NO2/c1-8(18)6-16(2)10-4-3-9(7-17)11(5-10)12(13,14)15/h3-5,7-8,18H,6H2,1-2H3. The molecule has 18 heavy (non-hydrogen) atoms. The molecule has 0 aliphatic carbocycles. The maximum atomic E-state index is 12.7. The van der Waals surface area contributed by atoms with Crippen molar-refractivity contribution in [3.05, 3.63) is 29.3 Å². The van der Waals surface area contributed by atoms with E-state index in [0.29, 0.717) is 5.69 Å². The monoisotopic (exact) mass is 261 g/mol. The SMILES string of the molecule is CC(O)CN(C)c1ccc(C=O)c(C(F)(F)F)c1. The summed E-state index contributed by atoms with van der Waals surface area (Å²) in [6, 6.07) is 3.46. The van der Waals surface area contributed by atoms with Crippen molar-refractivity contribution in [2.45, 2.75) is 19.2 Å². The number of aliphatic hydroxyl groups is 1. The van der Waals surface area contributed by atoms with Crippen LogP contribution in [0.4, 0.5) is 18.9 Å². The largest absolute Gasteiger partial charge is 0.417 e. The smallest absolute Gasteiger partial charge is 0.392 e. The van der Waals surface area contributed by atoms with E-state index in [-0.39, 0.29) is 12.8 Å². The molecule has 1 aromatic rings. The second-order valence-corrected chi connectivity index (χ2v) is 4.12. The normalized spacial score (nSPS) is 13.2. The maximum absolute atomic E-state index is 12.7. The highest BCUT2D eigenvalue weighted by Crippen LogP contribution is 2.33. The zero-order valence-electron chi connectivity index (χ0n) is 10.0. The Morgan fingerprint density at radius 3 is 2.50 bits per heavy atom. The molecule has 1 N–H and O–H groups in total. The quantitative estimate of drug-likeness (QED) is 0.846. The van der Waals surface area contributed by atoms with Gasteiger partial charge in [0.15, 0.2) is 6.29 Å². The molecular formula is C12H14F3NO2. The Bertz CT molecular complexity index is 430. The van der Waals surface area contributed by atoms with Crippen molar-refractivity contribution in [1.82, 2.24) is 0 Å². The highest BCUT2D eigenvalue weighted by atomic mass is 19.4. The predicted octanol–water partition coefficient (Wildman–Crippen LogP) is 2.33. The molecule has 1 aromatic carbocycles. The second-order valence-electron chi connectivity index (χ2n) is 4.12. The number of carbonyl (C=O) groups is 1. The number of halogens is 3. The number of rotatable bonds is 4. The molecule has 0 fully saturated rings. The molecule has 0 saturated carbocycles. The minimum Gasteiger partial charge on any atom is -0.392 e. The number of carbonyl (C=O) groups excluding carboxylic acids is 1. The van der Waals surface area contributed by atoms with E-state index in [1.54, 1.807) is 14.0 Å². The van der Waals surface area contributed by atoms with E-state index < -0.39 is 23.4 Å². The summed E-state index contributed by atoms with van der Waals surface area (Å²) in [6.45, 7) is 1.75. The van der Waals surface area contributed by atoms with Crippen molar-refractivity contribution < 1.29 is 23.1 Å². The number of hydrogen-bond donors (Lipinski definition) is 1. The minimum atomic E-state index is -4.57. The molecule has 1 rings (SSSR count). The molecule has 0 aromatic heterocycles. The van der Waals surface area contributed by atoms with Gasteiger partial charge >= 0.3 is 6.18 Å². The number of nitrogens with zero attached hydrogens (tertiary/aromatic N) is 1. The van der Waals surface area contributed by atoms with Gasteiger partial charge in [-0.3, -0.25) is 4.79 Å². The Morgan fingerprint density at radius 1 is 1.44 bits per heavy atom. The first-order valence-corrected chi connectivity index (χ1v) is 5.31. The van der Waals surface area contributed by atoms with Crippen molar-refractivity contribution in [3.8, 4) is 0 Å². The number of aldehydes is 1. The third-order valence-corrected chi connectivity index (χ3v) is 2.45. The van der Waals surface area contributed by atoms with E-state index in [2.05, 4.69) is 0 Å². The fourth-order valence-corrected chi connectivity index (χ4v) is 1.63. The van der Waals surface area contributed by atoms with Gasteiger partial charge in [0.2, 0.25) is 0 Å². The van der Waals surface area contributed by atoms with Gasteiger partial charge in [-0.05, 0) is 25.1 Å². The van der Waals surface area contributed by atoms with Crippen molar-refractivity contribution in [2.75, 3.05) is 18.5 Å². The van der Waals surface area contributed by atoms with Gasteiger partial charge in [-0.15, -0.1) is 0 Å². The molecule has 0 spiro atoms. The fraction of sp³-hybridized carbons (Fsp3) is 0.417. The number of aliphatic hydroxyl groups excluding tert-OH is 1. The topological polar surface area (TPSA) is 40.5 Å². The van der Waals surface area contributed by atoms with Gasteiger partial charge in [0.05, 0.1) is 11.7 Å². The van der Waals surface area contributed by atoms with Crippen LogP contribution in [0.1, 0.15) is 22.8 Å². The fourth-order valence-electron chi connectivity index (χ4n) is 1.63. The van der Waals surface area contributed by atoms with Crippen LogP contribution in [0.2, 0.25) is 0 Å². The summed E-state index contributed by atoms with van der Waals surface area (Å²) in [5, 5.41) is 9.19. The average Bonchev–Trinajstić information content (AvgIpc) is 2.26. The molecule has 0 aliphatic heterocycles. The van der Waals surface area contributed by atoms with Gasteiger partial charge < -0.3 is 10.0 Å². The maximum Gasteiger partial charge on any atom is 0.417 e. The molecule has 1 unspecified atom stereocenters. The van der Waals surface area contributed by atoms with Crippen molar-refractivity contribution in [2.24, 2.45) is 0 Å². The minimum absolute atomic E-state index is 0.182. The van der Waals surface area contributed by atoms with Crippen LogP contribution >= 0.6 is 0 Å². The Hall–Kier alpha value is -1.56. The summed E-state index contributed by atoms with van der Waals surface area (Å²) in [7, 11) is 1.57. The molecule has 0 amide bonds. The lowest BCUT2D eigenvalue weighted by atomic mass is 10.1. The molecule has 3 nitrogen and oxygen atoms in total. The lowest BCUT2D eigenvalue weighted by Crippen LogP contribution is -2.27. The van der Waals surface area contributed by atoms with Crippen LogP contribution in [0.15, 0.2) is 18.2 Å². The molecule has 0 radical (unpaired) electrons. The van der Waals surface area contributed by atoms with Crippen molar-refractivity contribution in [3.63, 3.8) is 0 Å². The number of benzene rings is 1. The lowest BCUT2D eigenvalue weighted by molar-refractivity contribution is -0.137. The van der Waals surface area contributed by atoms with Gasteiger partial charge in [-0.1, -0.05) is 0 Å². The molecule has 1 atom stereocenters.